The van der Waals surface area contributed by atoms with E-state index in [-0.39, 0.29) is 17.9 Å². The molecule has 34 heavy (non-hydrogen) atoms. The Hall–Kier alpha value is -3.61. The predicted octanol–water partition coefficient (Wildman–Crippen LogP) is 6.08. The number of rotatable bonds is 9. The van der Waals surface area contributed by atoms with Crippen molar-refractivity contribution in [1.29, 1.82) is 0 Å². The Balaban J connectivity index is 1.50. The smallest absolute Gasteiger partial charge is 0.306 e. The first-order valence-electron chi connectivity index (χ1n) is 11.7. The van der Waals surface area contributed by atoms with Gasteiger partial charge in [-0.05, 0) is 54.8 Å². The van der Waals surface area contributed by atoms with Gasteiger partial charge in [-0.15, -0.1) is 0 Å². The number of anilines is 3. The zero-order chi connectivity index (χ0) is 24.1. The van der Waals surface area contributed by atoms with Crippen molar-refractivity contribution in [3.63, 3.8) is 0 Å². The van der Waals surface area contributed by atoms with Gasteiger partial charge in [0.25, 0.3) is 0 Å². The van der Waals surface area contributed by atoms with Gasteiger partial charge < -0.3 is 19.7 Å². The molecular weight excluding hydrogens is 433 g/mol. The average molecular weight is 464 g/mol. The number of aromatic nitrogens is 1. The third-order valence-corrected chi connectivity index (χ3v) is 5.94. The molecule has 1 atom stereocenters. The van der Waals surface area contributed by atoms with Crippen molar-refractivity contribution in [1.82, 2.24) is 4.98 Å². The molecule has 178 valence electrons. The molecule has 6 nitrogen and oxygen atoms in total. The highest BCUT2D eigenvalue weighted by atomic mass is 19.1. The Morgan fingerprint density at radius 2 is 2.09 bits per heavy atom. The minimum atomic E-state index is -0.347. The van der Waals surface area contributed by atoms with Crippen molar-refractivity contribution in [2.24, 2.45) is 0 Å². The molecule has 1 aromatic heterocycles. The van der Waals surface area contributed by atoms with Crippen LogP contribution in [0.15, 0.2) is 54.7 Å². The number of hydrogen-bond acceptors (Lipinski definition) is 6. The van der Waals surface area contributed by atoms with E-state index in [0.717, 1.165) is 52.6 Å². The van der Waals surface area contributed by atoms with Crippen LogP contribution in [0.4, 0.5) is 21.6 Å². The Morgan fingerprint density at radius 3 is 2.82 bits per heavy atom. The summed E-state index contributed by atoms with van der Waals surface area (Å²) in [5.41, 5.74) is 5.16. The molecule has 2 aromatic carbocycles. The number of halogens is 1. The van der Waals surface area contributed by atoms with E-state index in [1.54, 1.807) is 13.0 Å². The molecule has 0 aliphatic carbocycles. The number of pyridine rings is 1. The number of ether oxygens (including phenoxy) is 2. The first kappa shape index (κ1) is 23.5. The highest BCUT2D eigenvalue weighted by molar-refractivity contribution is 5.70. The lowest BCUT2D eigenvalue weighted by Gasteiger charge is -2.26. The minimum absolute atomic E-state index is 0.230. The molecular formula is C27H30FN3O3. The molecule has 0 unspecified atom stereocenters. The summed E-state index contributed by atoms with van der Waals surface area (Å²) in [7, 11) is 0. The Morgan fingerprint density at radius 1 is 1.24 bits per heavy atom. The first-order valence-corrected chi connectivity index (χ1v) is 11.7. The summed E-state index contributed by atoms with van der Waals surface area (Å²) in [4.78, 5) is 18.1. The zero-order valence-electron chi connectivity index (χ0n) is 19.8. The second kappa shape index (κ2) is 10.5. The fraction of sp³-hybridized carbons (Fsp3) is 0.333. The summed E-state index contributed by atoms with van der Waals surface area (Å²) in [6.07, 6.45) is 2.18. The van der Waals surface area contributed by atoms with E-state index in [1.165, 1.54) is 12.3 Å². The molecule has 1 aliphatic heterocycles. The molecule has 0 spiro atoms. The number of esters is 1. The van der Waals surface area contributed by atoms with E-state index < -0.39 is 0 Å². The Labute approximate surface area is 199 Å². The van der Waals surface area contributed by atoms with Crippen LogP contribution in [0.1, 0.15) is 49.5 Å². The molecule has 1 aliphatic rings. The second-order valence-electron chi connectivity index (χ2n) is 8.30. The van der Waals surface area contributed by atoms with E-state index in [9.17, 15) is 9.18 Å². The number of nitrogens with one attached hydrogen (secondary N) is 1. The molecule has 0 fully saturated rings. The maximum atomic E-state index is 13.4. The third kappa shape index (κ3) is 5.14. The summed E-state index contributed by atoms with van der Waals surface area (Å²) in [5, 5.41) is 3.47. The van der Waals surface area contributed by atoms with Gasteiger partial charge >= 0.3 is 5.97 Å². The lowest BCUT2D eigenvalue weighted by Crippen LogP contribution is -2.20. The van der Waals surface area contributed by atoms with E-state index in [1.807, 2.05) is 24.3 Å². The topological polar surface area (TPSA) is 63.7 Å². The summed E-state index contributed by atoms with van der Waals surface area (Å²) in [6.45, 7) is 7.74. The van der Waals surface area contributed by atoms with Crippen molar-refractivity contribution in [3.8, 4) is 5.75 Å². The molecule has 4 rings (SSSR count). The van der Waals surface area contributed by atoms with Gasteiger partial charge in [-0.1, -0.05) is 26.0 Å². The van der Waals surface area contributed by atoms with Gasteiger partial charge in [0.05, 0.1) is 6.20 Å². The van der Waals surface area contributed by atoms with Gasteiger partial charge in [0.15, 0.2) is 6.10 Å². The van der Waals surface area contributed by atoms with E-state index >= 15 is 0 Å². The van der Waals surface area contributed by atoms with Crippen LogP contribution >= 0.6 is 0 Å². The number of nitrogens with zero attached hydrogens (tertiary/aromatic N) is 2. The van der Waals surface area contributed by atoms with Crippen molar-refractivity contribution in [2.75, 3.05) is 23.4 Å². The average Bonchev–Trinajstić information content (AvgIpc) is 3.24. The second-order valence-corrected chi connectivity index (χ2v) is 8.30. The van der Waals surface area contributed by atoms with Crippen LogP contribution in [0.3, 0.4) is 0 Å². The highest BCUT2D eigenvalue weighted by Gasteiger charge is 2.27. The summed E-state index contributed by atoms with van der Waals surface area (Å²) < 4.78 is 24.6. The van der Waals surface area contributed by atoms with E-state index in [2.05, 4.69) is 41.2 Å². The predicted molar refractivity (Wildman–Crippen MR) is 131 cm³/mol. The van der Waals surface area contributed by atoms with Crippen LogP contribution in [0.25, 0.3) is 0 Å². The minimum Gasteiger partial charge on any atom is -0.489 e. The molecule has 0 radical (unpaired) electrons. The molecule has 3 aromatic rings. The number of fused-ring (bicyclic) bond motifs is 1. The van der Waals surface area contributed by atoms with E-state index in [0.29, 0.717) is 19.6 Å². The lowest BCUT2D eigenvalue weighted by atomic mass is 10.0. The number of hydrogen-bond donors (Lipinski definition) is 1. The van der Waals surface area contributed by atoms with E-state index in [4.69, 9.17) is 9.47 Å². The Bertz CT molecular complexity index is 1150. The van der Waals surface area contributed by atoms with Crippen molar-refractivity contribution in [2.45, 2.75) is 46.3 Å². The Kier molecular flexibility index (Phi) is 7.30. The number of carbonyl (C=O) groups excluding carboxylic acids is 1. The van der Waals surface area contributed by atoms with Gasteiger partial charge in [0.1, 0.15) is 24.0 Å². The molecule has 0 amide bonds. The van der Waals surface area contributed by atoms with Crippen LogP contribution in [0, 0.1) is 12.7 Å². The fourth-order valence-electron chi connectivity index (χ4n) is 4.09. The summed E-state index contributed by atoms with van der Waals surface area (Å²) in [5.74, 6) is 0.890. The lowest BCUT2D eigenvalue weighted by molar-refractivity contribution is -0.149. The molecule has 0 saturated heterocycles. The monoisotopic (exact) mass is 463 g/mol. The summed E-state index contributed by atoms with van der Waals surface area (Å²) in [6, 6.07) is 15.2. The SMILES string of the molecule is CCCN(c1ccc(F)cn1)c1cccc(CNc2ccc3c(c2)OC[C@H]3OC(=O)CC)c1C. The third-order valence-electron chi connectivity index (χ3n) is 5.94. The fourth-order valence-corrected chi connectivity index (χ4v) is 4.09. The van der Waals surface area contributed by atoms with Gasteiger partial charge in [-0.25, -0.2) is 9.37 Å². The molecule has 7 heteroatoms. The highest BCUT2D eigenvalue weighted by Crippen LogP contribution is 2.37. The zero-order valence-corrected chi connectivity index (χ0v) is 19.8. The number of carbonyl (C=O) groups is 1. The standard InChI is InChI=1S/C27H30FN3O3/c1-4-13-31(26-12-9-20(28)16-30-26)23-8-6-7-19(18(23)3)15-29-21-10-11-22-24(14-21)33-17-25(22)34-27(32)5-2/h6-12,14,16,25,29H,4-5,13,15,17H2,1-3H3/t25-/m1/s1. The largest absolute Gasteiger partial charge is 0.489 e. The van der Waals surface area contributed by atoms with Crippen LogP contribution in [-0.2, 0) is 16.1 Å². The van der Waals surface area contributed by atoms with Crippen LogP contribution in [0.5, 0.6) is 5.75 Å². The summed E-state index contributed by atoms with van der Waals surface area (Å²) >= 11 is 0. The maximum absolute atomic E-state index is 13.4. The van der Waals surface area contributed by atoms with Crippen molar-refractivity contribution < 1.29 is 18.7 Å². The van der Waals surface area contributed by atoms with Crippen LogP contribution in [-0.4, -0.2) is 24.1 Å². The van der Waals surface area contributed by atoms with Crippen LogP contribution in [0.2, 0.25) is 0 Å². The van der Waals surface area contributed by atoms with Crippen molar-refractivity contribution >= 4 is 23.2 Å². The molecule has 2 heterocycles. The molecule has 0 bridgehead atoms. The van der Waals surface area contributed by atoms with Gasteiger partial charge in [0.2, 0.25) is 0 Å². The van der Waals surface area contributed by atoms with Gasteiger partial charge in [-0.2, -0.15) is 0 Å². The van der Waals surface area contributed by atoms with Gasteiger partial charge in [0, 0.05) is 42.5 Å². The quantitative estimate of drug-likeness (QED) is 0.388. The number of benzene rings is 2. The maximum Gasteiger partial charge on any atom is 0.306 e. The normalized spacial score (nSPS) is 14.3. The van der Waals surface area contributed by atoms with Crippen molar-refractivity contribution in [3.05, 3.63) is 77.2 Å². The van der Waals surface area contributed by atoms with Crippen LogP contribution < -0.4 is 15.0 Å². The molecule has 1 N–H and O–H groups in total. The first-order chi connectivity index (χ1) is 16.5. The molecule has 0 saturated carbocycles. The van der Waals surface area contributed by atoms with Gasteiger partial charge in [-0.3, -0.25) is 4.79 Å².